The van der Waals surface area contributed by atoms with E-state index < -0.39 is 5.54 Å². The molecule has 0 aliphatic carbocycles. The van der Waals surface area contributed by atoms with Crippen molar-refractivity contribution in [2.45, 2.75) is 31.8 Å². The van der Waals surface area contributed by atoms with Gasteiger partial charge in [-0.05, 0) is 38.3 Å². The van der Waals surface area contributed by atoms with E-state index in [0.29, 0.717) is 6.42 Å². The van der Waals surface area contributed by atoms with E-state index in [1.54, 1.807) is 18.4 Å². The standard InChI is InChI=1S/C15H21N3O2S/c1-15(16-2,14(19)20-3)7-5-9-18-10-8-17-13(18)12-6-4-11-21-12/h4,6,8,10-11,16H,5,7,9H2,1-3H3. The number of thiophene rings is 1. The number of hydrogen-bond acceptors (Lipinski definition) is 5. The van der Waals surface area contributed by atoms with Gasteiger partial charge in [-0.3, -0.25) is 4.79 Å². The van der Waals surface area contributed by atoms with Gasteiger partial charge >= 0.3 is 5.97 Å². The lowest BCUT2D eigenvalue weighted by atomic mass is 9.96. The molecule has 1 unspecified atom stereocenters. The quantitative estimate of drug-likeness (QED) is 0.799. The second-order valence-corrected chi connectivity index (χ2v) is 6.05. The number of aryl methyl sites for hydroxylation is 1. The van der Waals surface area contributed by atoms with Crippen LogP contribution < -0.4 is 5.32 Å². The summed E-state index contributed by atoms with van der Waals surface area (Å²) in [4.78, 5) is 17.4. The molecule has 0 radical (unpaired) electrons. The molecular formula is C15H21N3O2S. The van der Waals surface area contributed by atoms with Gasteiger partial charge in [0.15, 0.2) is 0 Å². The molecule has 0 saturated carbocycles. The topological polar surface area (TPSA) is 56.2 Å². The first kappa shape index (κ1) is 15.7. The van der Waals surface area contributed by atoms with Crippen LogP contribution in [0.2, 0.25) is 0 Å². The SMILES string of the molecule is CNC(C)(CCCn1ccnc1-c1cccs1)C(=O)OC. The van der Waals surface area contributed by atoms with Crippen molar-refractivity contribution in [3.63, 3.8) is 0 Å². The number of carbonyl (C=O) groups is 1. The molecule has 6 heteroatoms. The first-order valence-corrected chi connectivity index (χ1v) is 7.81. The van der Waals surface area contributed by atoms with Crippen molar-refractivity contribution in [3.8, 4) is 10.7 Å². The van der Waals surface area contributed by atoms with Crippen molar-refractivity contribution in [2.75, 3.05) is 14.2 Å². The van der Waals surface area contributed by atoms with Gasteiger partial charge in [0.1, 0.15) is 11.4 Å². The molecule has 1 atom stereocenters. The van der Waals surface area contributed by atoms with Gasteiger partial charge < -0.3 is 14.6 Å². The Morgan fingerprint density at radius 2 is 2.38 bits per heavy atom. The Kier molecular flexibility index (Phi) is 5.14. The fraction of sp³-hybridized carbons (Fsp3) is 0.467. The molecule has 5 nitrogen and oxygen atoms in total. The third-order valence-electron chi connectivity index (χ3n) is 3.72. The minimum absolute atomic E-state index is 0.228. The van der Waals surface area contributed by atoms with Gasteiger partial charge in [-0.25, -0.2) is 4.98 Å². The van der Waals surface area contributed by atoms with Crippen LogP contribution in [0.5, 0.6) is 0 Å². The molecule has 0 saturated heterocycles. The van der Waals surface area contributed by atoms with Gasteiger partial charge in [0.25, 0.3) is 0 Å². The summed E-state index contributed by atoms with van der Waals surface area (Å²) < 4.78 is 6.98. The van der Waals surface area contributed by atoms with E-state index in [9.17, 15) is 4.79 Å². The minimum Gasteiger partial charge on any atom is -0.468 e. The van der Waals surface area contributed by atoms with Gasteiger partial charge in [-0.15, -0.1) is 11.3 Å². The number of likely N-dealkylation sites (N-methyl/N-ethyl adjacent to an activating group) is 1. The number of hydrogen-bond donors (Lipinski definition) is 1. The summed E-state index contributed by atoms with van der Waals surface area (Å²) in [5.74, 6) is 0.753. The first-order chi connectivity index (χ1) is 10.1. The van der Waals surface area contributed by atoms with Crippen LogP contribution >= 0.6 is 11.3 Å². The molecule has 21 heavy (non-hydrogen) atoms. The summed E-state index contributed by atoms with van der Waals surface area (Å²) in [5, 5.41) is 5.10. The zero-order valence-electron chi connectivity index (χ0n) is 12.6. The first-order valence-electron chi connectivity index (χ1n) is 6.93. The Labute approximate surface area is 129 Å². The lowest BCUT2D eigenvalue weighted by Gasteiger charge is -2.26. The zero-order chi connectivity index (χ0) is 15.3. The molecule has 0 aromatic carbocycles. The molecule has 0 fully saturated rings. The van der Waals surface area contributed by atoms with Crippen molar-refractivity contribution in [3.05, 3.63) is 29.9 Å². The van der Waals surface area contributed by atoms with Crippen molar-refractivity contribution in [1.82, 2.24) is 14.9 Å². The van der Waals surface area contributed by atoms with E-state index in [1.807, 2.05) is 30.8 Å². The molecule has 2 aromatic heterocycles. The second-order valence-electron chi connectivity index (χ2n) is 5.10. The largest absolute Gasteiger partial charge is 0.468 e. The smallest absolute Gasteiger partial charge is 0.325 e. The Bertz CT molecular complexity index is 580. The number of ether oxygens (including phenoxy) is 1. The molecule has 1 N–H and O–H groups in total. The maximum atomic E-state index is 11.8. The van der Waals surface area contributed by atoms with Gasteiger partial charge in [-0.2, -0.15) is 0 Å². The molecule has 0 bridgehead atoms. The van der Waals surface area contributed by atoms with Crippen molar-refractivity contribution in [2.24, 2.45) is 0 Å². The third kappa shape index (κ3) is 3.51. The summed E-state index contributed by atoms with van der Waals surface area (Å²) in [6, 6.07) is 4.09. The highest BCUT2D eigenvalue weighted by Gasteiger charge is 2.31. The highest BCUT2D eigenvalue weighted by Crippen LogP contribution is 2.23. The number of methoxy groups -OCH3 is 1. The van der Waals surface area contributed by atoms with Gasteiger partial charge in [0.05, 0.1) is 12.0 Å². The van der Waals surface area contributed by atoms with Crippen LogP contribution in [0.4, 0.5) is 0 Å². The molecule has 2 rings (SSSR count). The molecule has 0 spiro atoms. The molecule has 114 valence electrons. The van der Waals surface area contributed by atoms with Crippen molar-refractivity contribution >= 4 is 17.3 Å². The average molecular weight is 307 g/mol. The summed E-state index contributed by atoms with van der Waals surface area (Å²) >= 11 is 1.68. The molecule has 0 amide bonds. The number of imidazole rings is 1. The molecule has 0 aliphatic rings. The fourth-order valence-corrected chi connectivity index (χ4v) is 3.01. The summed E-state index contributed by atoms with van der Waals surface area (Å²) in [7, 11) is 3.20. The Balaban J connectivity index is 1.98. The monoisotopic (exact) mass is 307 g/mol. The van der Waals surface area contributed by atoms with Crippen LogP contribution in [0.1, 0.15) is 19.8 Å². The summed E-state index contributed by atoms with van der Waals surface area (Å²) in [5.41, 5.74) is -0.640. The predicted octanol–water partition coefficient (Wildman–Crippen LogP) is 2.54. The van der Waals surface area contributed by atoms with Crippen molar-refractivity contribution < 1.29 is 9.53 Å². The number of esters is 1. The Hall–Kier alpha value is -1.66. The number of rotatable bonds is 7. The molecular weight excluding hydrogens is 286 g/mol. The third-order valence-corrected chi connectivity index (χ3v) is 4.59. The molecule has 0 aliphatic heterocycles. The van der Waals surface area contributed by atoms with Crippen LogP contribution in [-0.4, -0.2) is 35.2 Å². The number of carbonyl (C=O) groups excluding carboxylic acids is 1. The van der Waals surface area contributed by atoms with Crippen LogP contribution in [-0.2, 0) is 16.1 Å². The second kappa shape index (κ2) is 6.87. The Morgan fingerprint density at radius 3 is 3.00 bits per heavy atom. The van der Waals surface area contributed by atoms with Gasteiger partial charge in [0.2, 0.25) is 0 Å². The normalized spacial score (nSPS) is 13.9. The zero-order valence-corrected chi connectivity index (χ0v) is 13.4. The summed E-state index contributed by atoms with van der Waals surface area (Å²) in [6.45, 7) is 2.69. The number of nitrogens with zero attached hydrogens (tertiary/aromatic N) is 2. The van der Waals surface area contributed by atoms with Gasteiger partial charge in [0, 0.05) is 18.9 Å². The van der Waals surface area contributed by atoms with Gasteiger partial charge in [-0.1, -0.05) is 6.07 Å². The predicted molar refractivity (Wildman–Crippen MR) is 84.3 cm³/mol. The Morgan fingerprint density at radius 1 is 1.57 bits per heavy atom. The van der Waals surface area contributed by atoms with Crippen LogP contribution in [0.3, 0.4) is 0 Å². The average Bonchev–Trinajstić information content (AvgIpc) is 3.16. The minimum atomic E-state index is -0.640. The van der Waals surface area contributed by atoms with E-state index >= 15 is 0 Å². The number of nitrogens with one attached hydrogen (secondary N) is 1. The highest BCUT2D eigenvalue weighted by atomic mass is 32.1. The molecule has 2 heterocycles. The van der Waals surface area contributed by atoms with E-state index in [0.717, 1.165) is 23.7 Å². The van der Waals surface area contributed by atoms with Crippen LogP contribution in [0.15, 0.2) is 29.9 Å². The maximum absolute atomic E-state index is 11.8. The van der Waals surface area contributed by atoms with E-state index in [1.165, 1.54) is 7.11 Å². The lowest BCUT2D eigenvalue weighted by molar-refractivity contribution is -0.148. The highest BCUT2D eigenvalue weighted by molar-refractivity contribution is 7.13. The molecule has 2 aromatic rings. The van der Waals surface area contributed by atoms with E-state index in [2.05, 4.69) is 20.9 Å². The van der Waals surface area contributed by atoms with Crippen LogP contribution in [0.25, 0.3) is 10.7 Å². The lowest BCUT2D eigenvalue weighted by Crippen LogP contribution is -2.48. The van der Waals surface area contributed by atoms with E-state index in [4.69, 9.17) is 4.74 Å². The summed E-state index contributed by atoms with van der Waals surface area (Å²) in [6.07, 6.45) is 5.36. The van der Waals surface area contributed by atoms with Crippen molar-refractivity contribution in [1.29, 1.82) is 0 Å². The fourth-order valence-electron chi connectivity index (χ4n) is 2.28. The number of aromatic nitrogens is 2. The van der Waals surface area contributed by atoms with E-state index in [-0.39, 0.29) is 5.97 Å². The van der Waals surface area contributed by atoms with Crippen LogP contribution in [0, 0.1) is 0 Å². The maximum Gasteiger partial charge on any atom is 0.325 e.